The number of carbonyl (C=O) groups is 2. The number of rotatable bonds is 13. The fourth-order valence-corrected chi connectivity index (χ4v) is 7.57. The van der Waals surface area contributed by atoms with Gasteiger partial charge in [-0.05, 0) is 114 Å². The van der Waals surface area contributed by atoms with Gasteiger partial charge in [-0.3, -0.25) is 14.5 Å². The van der Waals surface area contributed by atoms with Crippen molar-refractivity contribution < 1.29 is 24.2 Å². The Hall–Kier alpha value is -5.98. The summed E-state index contributed by atoms with van der Waals surface area (Å²) in [5.74, 6) is 2.78. The van der Waals surface area contributed by atoms with E-state index in [1.54, 1.807) is 60.7 Å². The van der Waals surface area contributed by atoms with E-state index in [1.165, 1.54) is 0 Å². The Morgan fingerprint density at radius 1 is 0.641 bits per heavy atom. The molecule has 0 saturated carbocycles. The van der Waals surface area contributed by atoms with Gasteiger partial charge in [-0.1, -0.05) is 23.2 Å². The molecule has 0 radical (unpaired) electrons. The van der Waals surface area contributed by atoms with E-state index < -0.39 is 0 Å². The van der Waals surface area contributed by atoms with Crippen molar-refractivity contribution >= 4 is 80.6 Å². The average Bonchev–Trinajstić information content (AvgIpc) is 3.29. The van der Waals surface area contributed by atoms with Crippen molar-refractivity contribution in [1.29, 1.82) is 0 Å². The van der Waals surface area contributed by atoms with E-state index >= 15 is 0 Å². The Kier molecular flexibility index (Phi) is 15.5. The predicted octanol–water partition coefficient (Wildman–Crippen LogP) is 5.65. The summed E-state index contributed by atoms with van der Waals surface area (Å²) in [6, 6.07) is 21.4. The molecule has 0 bridgehead atoms. The van der Waals surface area contributed by atoms with E-state index in [2.05, 4.69) is 69.2 Å². The monoisotopic (exact) mass is 910 g/mol. The zero-order valence-electron chi connectivity index (χ0n) is 36.3. The first kappa shape index (κ1) is 46.0. The first-order valence-corrected chi connectivity index (χ1v) is 21.8. The Bertz CT molecular complexity index is 2540. The second-order valence-electron chi connectivity index (χ2n) is 15.7. The van der Waals surface area contributed by atoms with Crippen LogP contribution in [0.1, 0.15) is 24.2 Å². The molecule has 6 heterocycles. The lowest BCUT2D eigenvalue weighted by Gasteiger charge is -2.35. The van der Waals surface area contributed by atoms with Crippen LogP contribution in [0.25, 0.3) is 22.1 Å². The minimum Gasteiger partial charge on any atom is -0.484 e. The first-order valence-electron chi connectivity index (χ1n) is 21.1. The van der Waals surface area contributed by atoms with Gasteiger partial charge in [-0.15, -0.1) is 0 Å². The molecule has 6 aromatic rings. The van der Waals surface area contributed by atoms with Crippen molar-refractivity contribution in [1.82, 2.24) is 39.7 Å². The number of nitrogens with zero attached hydrogens (tertiary/aromatic N) is 10. The minimum atomic E-state index is -0.317. The topological polar surface area (TPSA) is 187 Å². The summed E-state index contributed by atoms with van der Waals surface area (Å²) in [5.41, 5.74) is 4.33. The second-order valence-corrected chi connectivity index (χ2v) is 16.5. The molecule has 4 aromatic heterocycles. The number of aromatic nitrogens is 6. The molecule has 17 nitrogen and oxygen atoms in total. The molecule has 19 heteroatoms. The van der Waals surface area contributed by atoms with Gasteiger partial charge in [0.2, 0.25) is 11.9 Å². The summed E-state index contributed by atoms with van der Waals surface area (Å²) in [6.45, 7) is 9.60. The summed E-state index contributed by atoms with van der Waals surface area (Å²) >= 11 is 11.7. The van der Waals surface area contributed by atoms with Crippen LogP contribution in [-0.4, -0.2) is 142 Å². The number of carbonyl (C=O) groups excluding carboxylic acids is 2. The summed E-state index contributed by atoms with van der Waals surface area (Å²) in [6.07, 6.45) is 2.18. The lowest BCUT2D eigenvalue weighted by atomic mass is 10.0. The van der Waals surface area contributed by atoms with E-state index in [0.29, 0.717) is 62.7 Å². The lowest BCUT2D eigenvalue weighted by molar-refractivity contribution is -0.118. The van der Waals surface area contributed by atoms with Gasteiger partial charge in [0.05, 0.1) is 29.0 Å². The van der Waals surface area contributed by atoms with Gasteiger partial charge < -0.3 is 39.9 Å². The number of amides is 2. The molecule has 2 fully saturated rings. The molecule has 336 valence electrons. The van der Waals surface area contributed by atoms with Crippen LogP contribution in [0, 0.1) is 13.8 Å². The number of nitrogens with one attached hydrogen (secondary N) is 2. The molecule has 8 rings (SSSR count). The number of aliphatic hydroxyl groups excluding tert-OH is 1. The average molecular weight is 912 g/mol. The molecule has 2 aliphatic heterocycles. The van der Waals surface area contributed by atoms with Gasteiger partial charge in [-0.25, -0.2) is 29.9 Å². The number of benzene rings is 2. The van der Waals surface area contributed by atoms with E-state index in [0.717, 1.165) is 80.5 Å². The number of halogens is 2. The third kappa shape index (κ3) is 12.4. The number of ether oxygens (including phenoxy) is 2. The number of pyridine rings is 2. The number of piperidine rings is 1. The van der Waals surface area contributed by atoms with Crippen LogP contribution < -0.4 is 29.9 Å². The van der Waals surface area contributed by atoms with Gasteiger partial charge in [0.1, 0.15) is 34.2 Å². The molecule has 0 unspecified atom stereocenters. The van der Waals surface area contributed by atoms with Crippen molar-refractivity contribution in [3.8, 4) is 11.5 Å². The van der Waals surface area contributed by atoms with Crippen LogP contribution in [0.3, 0.4) is 0 Å². The quantitative estimate of drug-likeness (QED) is 0.129. The summed E-state index contributed by atoms with van der Waals surface area (Å²) < 4.78 is 10.9. The molecule has 2 amide bonds. The number of aryl methyl sites for hydroxylation is 2. The summed E-state index contributed by atoms with van der Waals surface area (Å²) in [5, 5.41) is 15.8. The molecule has 2 saturated heterocycles. The fraction of sp³-hybridized carbons (Fsp3) is 0.378. The van der Waals surface area contributed by atoms with Gasteiger partial charge >= 0.3 is 0 Å². The largest absolute Gasteiger partial charge is 0.484 e. The van der Waals surface area contributed by atoms with Crippen LogP contribution in [0.2, 0.25) is 10.0 Å². The molecule has 64 heavy (non-hydrogen) atoms. The van der Waals surface area contributed by atoms with Crippen LogP contribution in [-0.2, 0) is 9.59 Å². The van der Waals surface area contributed by atoms with Crippen LogP contribution >= 0.6 is 23.2 Å². The number of hydrogen-bond acceptors (Lipinski definition) is 15. The predicted molar refractivity (Wildman–Crippen MR) is 250 cm³/mol. The second kappa shape index (κ2) is 21.6. The number of fused-ring (bicyclic) bond motifs is 2. The molecular weight excluding hydrogens is 859 g/mol. The Balaban J connectivity index is 0.000000191. The van der Waals surface area contributed by atoms with Gasteiger partial charge in [0.15, 0.2) is 13.2 Å². The van der Waals surface area contributed by atoms with Crippen LogP contribution in [0.4, 0.5) is 23.5 Å². The highest BCUT2D eigenvalue weighted by molar-refractivity contribution is 6.30. The summed E-state index contributed by atoms with van der Waals surface area (Å²) in [4.78, 5) is 61.2. The third-order valence-electron chi connectivity index (χ3n) is 10.9. The molecule has 2 aromatic carbocycles. The molecule has 3 N–H and O–H groups in total. The normalized spacial score (nSPS) is 14.6. The number of hydrogen-bond donors (Lipinski definition) is 3. The van der Waals surface area contributed by atoms with Crippen LogP contribution in [0.5, 0.6) is 11.5 Å². The maximum absolute atomic E-state index is 12.3. The van der Waals surface area contributed by atoms with E-state index in [-0.39, 0.29) is 31.6 Å². The lowest BCUT2D eigenvalue weighted by Crippen LogP contribution is -2.47. The highest BCUT2D eigenvalue weighted by atomic mass is 35.5. The molecule has 0 atom stereocenters. The van der Waals surface area contributed by atoms with Crippen molar-refractivity contribution in [2.45, 2.75) is 32.7 Å². The fourth-order valence-electron chi connectivity index (χ4n) is 7.32. The molecular formula is C45H52Cl2N12O5. The van der Waals surface area contributed by atoms with Crippen LogP contribution in [0.15, 0.2) is 72.8 Å². The van der Waals surface area contributed by atoms with E-state index in [9.17, 15) is 9.59 Å². The highest BCUT2D eigenvalue weighted by Gasteiger charge is 2.24. The maximum atomic E-state index is 12.3. The first-order chi connectivity index (χ1) is 30.9. The van der Waals surface area contributed by atoms with Crippen molar-refractivity contribution in [2.75, 3.05) is 100 Å². The Labute approximate surface area is 381 Å². The third-order valence-corrected chi connectivity index (χ3v) is 11.4. The maximum Gasteiger partial charge on any atom is 0.263 e. The Morgan fingerprint density at radius 2 is 1.08 bits per heavy atom. The van der Waals surface area contributed by atoms with Crippen molar-refractivity contribution in [2.24, 2.45) is 0 Å². The number of piperazine rings is 1. The zero-order chi connectivity index (χ0) is 45.2. The van der Waals surface area contributed by atoms with Gasteiger partial charge in [-0.2, -0.15) is 0 Å². The van der Waals surface area contributed by atoms with Gasteiger partial charge in [0, 0.05) is 61.9 Å². The minimum absolute atomic E-state index is 0.126. The highest BCUT2D eigenvalue weighted by Crippen LogP contribution is 2.25. The standard InChI is InChI=1S/C23H27ClN6O2.C22H25ClN6O3/c1-15-22-19(26-23(25-15)30-12-10-17(11-13-30)29(2)3)8-9-20(28-22)27-21(31)14-32-18-6-4-16(24)5-7-18;1-15-21-18(25-22(24-15)29-10-8-28(9-11-29)12-13-30)6-7-19(27-21)26-20(31)14-32-17-4-2-16(23)3-5-17/h4-9,17H,10-14H2,1-3H3,(H,27,28,31);2-7,30H,8-14H2,1H3,(H,26,27,31). The van der Waals surface area contributed by atoms with E-state index in [4.69, 9.17) is 42.8 Å². The number of aliphatic hydroxyl groups is 1. The van der Waals surface area contributed by atoms with E-state index in [1.807, 2.05) is 26.0 Å². The Morgan fingerprint density at radius 3 is 1.50 bits per heavy atom. The number of β-amino-alcohol motifs (C(OH)–C–C–N with tert-alkyl or cyclic N) is 1. The van der Waals surface area contributed by atoms with Crippen molar-refractivity contribution in [3.63, 3.8) is 0 Å². The zero-order valence-corrected chi connectivity index (χ0v) is 37.8. The smallest absolute Gasteiger partial charge is 0.263 e. The van der Waals surface area contributed by atoms with Crippen molar-refractivity contribution in [3.05, 3.63) is 94.2 Å². The molecule has 0 aliphatic carbocycles. The molecule has 2 aliphatic rings. The molecule has 0 spiro atoms. The number of anilines is 4. The SMILES string of the molecule is Cc1nc(N2CCC(N(C)C)CC2)nc2ccc(NC(=O)COc3ccc(Cl)cc3)nc12.Cc1nc(N2CCN(CCO)CC2)nc2ccc(NC(=O)COc3ccc(Cl)cc3)nc12. The summed E-state index contributed by atoms with van der Waals surface area (Å²) in [7, 11) is 4.26. The van der Waals surface area contributed by atoms with Gasteiger partial charge in [0.25, 0.3) is 11.8 Å².